The first-order valence-corrected chi connectivity index (χ1v) is 5.08. The van der Waals surface area contributed by atoms with Crippen LogP contribution in [0.2, 0.25) is 0 Å². The fourth-order valence-electron chi connectivity index (χ4n) is 2.11. The molecule has 1 aromatic rings. The topological polar surface area (TPSA) is 43.8 Å². The number of aromatic nitrogens is 2. The van der Waals surface area contributed by atoms with Crippen LogP contribution in [0.1, 0.15) is 31.6 Å². The predicted octanol–water partition coefficient (Wildman–Crippen LogP) is 1.36. The molecule has 3 nitrogen and oxygen atoms in total. The first kappa shape index (κ1) is 8.75. The van der Waals surface area contributed by atoms with Crippen molar-refractivity contribution >= 4 is 0 Å². The molecule has 0 aromatic carbocycles. The molecule has 2 rings (SSSR count). The number of nitrogens with zero attached hydrogens (tertiary/aromatic N) is 2. The molecule has 1 aliphatic carbocycles. The van der Waals surface area contributed by atoms with Crippen LogP contribution < -0.4 is 5.73 Å². The van der Waals surface area contributed by atoms with Crippen LogP contribution in [0.15, 0.2) is 12.4 Å². The van der Waals surface area contributed by atoms with Gasteiger partial charge in [0.05, 0.1) is 0 Å². The van der Waals surface area contributed by atoms with Crippen LogP contribution in [-0.2, 0) is 6.42 Å². The zero-order chi connectivity index (χ0) is 9.26. The molecule has 1 aliphatic rings. The molecule has 2 atom stereocenters. The Bertz CT molecular complexity index is 277. The monoisotopic (exact) mass is 179 g/mol. The van der Waals surface area contributed by atoms with E-state index in [0.29, 0.717) is 12.0 Å². The Morgan fingerprint density at radius 1 is 1.62 bits per heavy atom. The lowest BCUT2D eigenvalue weighted by Crippen LogP contribution is -2.34. The zero-order valence-electron chi connectivity index (χ0n) is 8.11. The largest absolute Gasteiger partial charge is 0.332 e. The van der Waals surface area contributed by atoms with Gasteiger partial charge in [-0.15, -0.1) is 0 Å². The number of nitrogens with two attached hydrogens (primary N) is 1. The highest BCUT2D eigenvalue weighted by Gasteiger charge is 2.31. The minimum absolute atomic E-state index is 0.627. The molecule has 1 heterocycles. The number of hydrogen-bond acceptors (Lipinski definition) is 2. The maximum Gasteiger partial charge on any atom is 0.108 e. The average Bonchev–Trinajstić information content (AvgIpc) is 2.51. The van der Waals surface area contributed by atoms with E-state index in [1.54, 1.807) is 0 Å². The van der Waals surface area contributed by atoms with Crippen molar-refractivity contribution in [1.29, 1.82) is 0 Å². The third kappa shape index (κ3) is 1.37. The van der Waals surface area contributed by atoms with E-state index >= 15 is 0 Å². The summed E-state index contributed by atoms with van der Waals surface area (Å²) < 4.78 is 2.31. The second-order valence-corrected chi connectivity index (χ2v) is 3.74. The molecule has 0 saturated heterocycles. The number of imidazole rings is 1. The summed E-state index contributed by atoms with van der Waals surface area (Å²) >= 11 is 0. The van der Waals surface area contributed by atoms with Crippen molar-refractivity contribution in [3.8, 4) is 0 Å². The van der Waals surface area contributed by atoms with Gasteiger partial charge in [0.2, 0.25) is 0 Å². The van der Waals surface area contributed by atoms with Crippen LogP contribution in [0.25, 0.3) is 0 Å². The molecule has 2 unspecified atom stereocenters. The van der Waals surface area contributed by atoms with Crippen LogP contribution in [0.5, 0.6) is 0 Å². The summed E-state index contributed by atoms with van der Waals surface area (Å²) in [6.07, 6.45) is 7.55. The lowest BCUT2D eigenvalue weighted by atomic mass is 9.79. The first-order valence-electron chi connectivity index (χ1n) is 5.08. The van der Waals surface area contributed by atoms with Crippen LogP contribution in [-0.4, -0.2) is 16.1 Å². The molecule has 0 spiro atoms. The van der Waals surface area contributed by atoms with Crippen molar-refractivity contribution in [2.24, 2.45) is 11.7 Å². The predicted molar refractivity (Wildman–Crippen MR) is 52.4 cm³/mol. The van der Waals surface area contributed by atoms with Crippen LogP contribution >= 0.6 is 0 Å². The molecule has 3 heteroatoms. The number of aryl methyl sites for hydroxylation is 1. The number of rotatable bonds is 3. The van der Waals surface area contributed by atoms with E-state index in [4.69, 9.17) is 5.73 Å². The van der Waals surface area contributed by atoms with Gasteiger partial charge in [0.1, 0.15) is 5.82 Å². The van der Waals surface area contributed by atoms with Gasteiger partial charge in [-0.2, -0.15) is 0 Å². The van der Waals surface area contributed by atoms with Crippen molar-refractivity contribution in [3.63, 3.8) is 0 Å². The highest BCUT2D eigenvalue weighted by atomic mass is 15.1. The molecule has 0 radical (unpaired) electrons. The molecular weight excluding hydrogens is 162 g/mol. The van der Waals surface area contributed by atoms with Gasteiger partial charge >= 0.3 is 0 Å². The highest BCUT2D eigenvalue weighted by molar-refractivity contribution is 4.99. The van der Waals surface area contributed by atoms with Crippen molar-refractivity contribution in [2.45, 2.75) is 32.2 Å². The summed E-state index contributed by atoms with van der Waals surface area (Å²) in [6, 6.07) is 0.627. The maximum atomic E-state index is 5.69. The first-order chi connectivity index (χ1) is 6.36. The second kappa shape index (κ2) is 3.50. The minimum atomic E-state index is 0.627. The lowest BCUT2D eigenvalue weighted by Gasteiger charge is -2.37. The minimum Gasteiger partial charge on any atom is -0.332 e. The summed E-state index contributed by atoms with van der Waals surface area (Å²) in [5, 5.41) is 0. The van der Waals surface area contributed by atoms with Crippen LogP contribution in [0.4, 0.5) is 0 Å². The SMILES string of the molecule is CCc1nccn1C1CCC1CN. The Balaban J connectivity index is 2.15. The van der Waals surface area contributed by atoms with E-state index < -0.39 is 0 Å². The van der Waals surface area contributed by atoms with Crippen LogP contribution in [0, 0.1) is 5.92 Å². The maximum absolute atomic E-state index is 5.69. The average molecular weight is 179 g/mol. The molecule has 0 amide bonds. The van der Waals surface area contributed by atoms with Gasteiger partial charge < -0.3 is 10.3 Å². The zero-order valence-corrected chi connectivity index (χ0v) is 8.11. The van der Waals surface area contributed by atoms with E-state index in [1.807, 2.05) is 6.20 Å². The standard InChI is InChI=1S/C10H17N3/c1-2-10-12-5-6-13(10)9-4-3-8(9)7-11/h5-6,8-9H,2-4,7,11H2,1H3. The molecule has 0 bridgehead atoms. The Hall–Kier alpha value is -0.830. The van der Waals surface area contributed by atoms with E-state index in [9.17, 15) is 0 Å². The third-order valence-electron chi connectivity index (χ3n) is 3.10. The summed E-state index contributed by atoms with van der Waals surface area (Å²) in [4.78, 5) is 4.33. The summed E-state index contributed by atoms with van der Waals surface area (Å²) in [5.74, 6) is 1.88. The van der Waals surface area contributed by atoms with Crippen LogP contribution in [0.3, 0.4) is 0 Å². The highest BCUT2D eigenvalue weighted by Crippen LogP contribution is 2.38. The van der Waals surface area contributed by atoms with Gasteiger partial charge in [0.25, 0.3) is 0 Å². The van der Waals surface area contributed by atoms with Gasteiger partial charge in [0, 0.05) is 24.9 Å². The van der Waals surface area contributed by atoms with Gasteiger partial charge in [-0.1, -0.05) is 6.92 Å². The normalized spacial score (nSPS) is 27.2. The van der Waals surface area contributed by atoms with Gasteiger partial charge in [-0.05, 0) is 25.3 Å². The summed E-state index contributed by atoms with van der Waals surface area (Å²) in [7, 11) is 0. The summed E-state index contributed by atoms with van der Waals surface area (Å²) in [6.45, 7) is 2.96. The molecule has 2 N–H and O–H groups in total. The van der Waals surface area contributed by atoms with E-state index in [-0.39, 0.29) is 0 Å². The van der Waals surface area contributed by atoms with Crippen molar-refractivity contribution in [3.05, 3.63) is 18.2 Å². The fourth-order valence-corrected chi connectivity index (χ4v) is 2.11. The third-order valence-corrected chi connectivity index (χ3v) is 3.10. The Morgan fingerprint density at radius 3 is 3.00 bits per heavy atom. The van der Waals surface area contributed by atoms with E-state index in [0.717, 1.165) is 13.0 Å². The Labute approximate surface area is 79.0 Å². The lowest BCUT2D eigenvalue weighted by molar-refractivity contribution is 0.185. The molecule has 1 aromatic heterocycles. The molecular formula is C10H17N3. The van der Waals surface area contributed by atoms with Crippen molar-refractivity contribution in [2.75, 3.05) is 6.54 Å². The molecule has 1 saturated carbocycles. The second-order valence-electron chi connectivity index (χ2n) is 3.74. The van der Waals surface area contributed by atoms with Gasteiger partial charge in [0.15, 0.2) is 0 Å². The molecule has 1 fully saturated rings. The molecule has 0 aliphatic heterocycles. The quantitative estimate of drug-likeness (QED) is 0.761. The van der Waals surface area contributed by atoms with E-state index in [1.165, 1.54) is 18.7 Å². The van der Waals surface area contributed by atoms with Crippen molar-refractivity contribution in [1.82, 2.24) is 9.55 Å². The van der Waals surface area contributed by atoms with Gasteiger partial charge in [-0.3, -0.25) is 0 Å². The van der Waals surface area contributed by atoms with Crippen molar-refractivity contribution < 1.29 is 0 Å². The van der Waals surface area contributed by atoms with E-state index in [2.05, 4.69) is 22.7 Å². The Kier molecular flexibility index (Phi) is 2.36. The van der Waals surface area contributed by atoms with Gasteiger partial charge in [-0.25, -0.2) is 4.98 Å². The molecule has 13 heavy (non-hydrogen) atoms. The smallest absolute Gasteiger partial charge is 0.108 e. The number of hydrogen-bond donors (Lipinski definition) is 1. The summed E-state index contributed by atoms with van der Waals surface area (Å²) in [5.41, 5.74) is 5.69. The molecule has 72 valence electrons. The Morgan fingerprint density at radius 2 is 2.46 bits per heavy atom. The fraction of sp³-hybridized carbons (Fsp3) is 0.700.